The van der Waals surface area contributed by atoms with Gasteiger partial charge >= 0.3 is 5.97 Å². The number of hydrogen-bond donors (Lipinski definition) is 1. The van der Waals surface area contributed by atoms with Gasteiger partial charge in [0.1, 0.15) is 0 Å². The summed E-state index contributed by atoms with van der Waals surface area (Å²) in [7, 11) is 0. The molecule has 2 atom stereocenters. The van der Waals surface area contributed by atoms with Gasteiger partial charge in [0, 0.05) is 17.5 Å². The molecule has 2 unspecified atom stereocenters. The third kappa shape index (κ3) is 3.19. The molecule has 1 fully saturated rings. The fourth-order valence-corrected chi connectivity index (χ4v) is 3.30. The Morgan fingerprint density at radius 1 is 1.48 bits per heavy atom. The van der Waals surface area contributed by atoms with Crippen molar-refractivity contribution >= 4 is 23.6 Å². The number of carbonyl (C=O) groups excluding carboxylic acids is 1. The van der Waals surface area contributed by atoms with Gasteiger partial charge in [-0.2, -0.15) is 5.26 Å². The summed E-state index contributed by atoms with van der Waals surface area (Å²) in [6.45, 7) is 2.23. The molecule has 1 aliphatic rings. The van der Waals surface area contributed by atoms with E-state index in [0.29, 0.717) is 18.5 Å². The summed E-state index contributed by atoms with van der Waals surface area (Å²) in [6.07, 6.45) is 0.482. The Kier molecular flexibility index (Phi) is 4.86. The number of carboxylic acid groups (broad SMARTS) is 1. The smallest absolute Gasteiger partial charge is 0.308 e. The van der Waals surface area contributed by atoms with E-state index in [9.17, 15) is 9.59 Å². The van der Waals surface area contributed by atoms with Crippen molar-refractivity contribution < 1.29 is 14.7 Å². The predicted octanol–water partition coefficient (Wildman–Crippen LogP) is 2.24. The summed E-state index contributed by atoms with van der Waals surface area (Å²) in [5, 5.41) is 17.8. The van der Waals surface area contributed by atoms with E-state index in [-0.39, 0.29) is 17.7 Å². The molecule has 1 aliphatic heterocycles. The van der Waals surface area contributed by atoms with Gasteiger partial charge < -0.3 is 10.0 Å². The highest BCUT2D eigenvalue weighted by Crippen LogP contribution is 2.29. The topological polar surface area (TPSA) is 81.4 Å². The Morgan fingerprint density at radius 2 is 2.19 bits per heavy atom. The molecule has 21 heavy (non-hydrogen) atoms. The minimum absolute atomic E-state index is 0.160. The zero-order chi connectivity index (χ0) is 15.4. The summed E-state index contributed by atoms with van der Waals surface area (Å²) in [6, 6.07) is 8.86. The molecule has 0 aliphatic carbocycles. The lowest BCUT2D eigenvalue weighted by molar-refractivity contribution is -0.142. The van der Waals surface area contributed by atoms with E-state index < -0.39 is 11.9 Å². The van der Waals surface area contributed by atoms with Gasteiger partial charge in [0.15, 0.2) is 0 Å². The molecule has 5 nitrogen and oxygen atoms in total. The average Bonchev–Trinajstić information content (AvgIpc) is 2.86. The molecular formula is C15H16N2O3S. The maximum atomic E-state index is 12.6. The largest absolute Gasteiger partial charge is 0.481 e. The van der Waals surface area contributed by atoms with Crippen molar-refractivity contribution in [3.05, 3.63) is 29.8 Å². The van der Waals surface area contributed by atoms with Crippen LogP contribution in [0.3, 0.4) is 0 Å². The molecule has 0 aromatic heterocycles. The van der Waals surface area contributed by atoms with Crippen molar-refractivity contribution in [3.8, 4) is 6.07 Å². The van der Waals surface area contributed by atoms with Crippen LogP contribution in [0.4, 0.5) is 0 Å². The fourth-order valence-electron chi connectivity index (χ4n) is 2.59. The molecule has 0 spiro atoms. The lowest BCUT2D eigenvalue weighted by atomic mass is 10.0. The van der Waals surface area contributed by atoms with Crippen LogP contribution >= 0.6 is 11.8 Å². The summed E-state index contributed by atoms with van der Waals surface area (Å²) in [5.74, 6) is -1.25. The van der Waals surface area contributed by atoms with Crippen LogP contribution < -0.4 is 0 Å². The number of hydrogen-bond acceptors (Lipinski definition) is 4. The van der Waals surface area contributed by atoms with Crippen molar-refractivity contribution in [1.82, 2.24) is 4.90 Å². The SMILES string of the molecule is CC1C(C(=O)O)CCN1C(=O)c1ccccc1SCC#N. The lowest BCUT2D eigenvalue weighted by Gasteiger charge is -2.24. The van der Waals surface area contributed by atoms with E-state index >= 15 is 0 Å². The van der Waals surface area contributed by atoms with E-state index in [2.05, 4.69) is 0 Å². The number of thioether (sulfide) groups is 1. The van der Waals surface area contributed by atoms with Crippen LogP contribution in [0, 0.1) is 17.2 Å². The molecule has 1 aromatic carbocycles. The van der Waals surface area contributed by atoms with E-state index in [4.69, 9.17) is 10.4 Å². The second-order valence-corrected chi connectivity index (χ2v) is 5.93. The quantitative estimate of drug-likeness (QED) is 0.863. The van der Waals surface area contributed by atoms with Crippen LogP contribution in [0.5, 0.6) is 0 Å². The molecule has 1 aromatic rings. The number of aliphatic carboxylic acids is 1. The molecule has 1 amide bonds. The zero-order valence-electron chi connectivity index (χ0n) is 11.7. The number of nitrogens with zero attached hydrogens (tertiary/aromatic N) is 2. The van der Waals surface area contributed by atoms with Crippen LogP contribution in [-0.4, -0.2) is 40.2 Å². The van der Waals surface area contributed by atoms with Gasteiger partial charge in [0.25, 0.3) is 5.91 Å². The molecule has 0 radical (unpaired) electrons. The first-order valence-electron chi connectivity index (χ1n) is 6.68. The van der Waals surface area contributed by atoms with Gasteiger partial charge in [-0.3, -0.25) is 9.59 Å². The highest BCUT2D eigenvalue weighted by Gasteiger charge is 2.38. The van der Waals surface area contributed by atoms with Gasteiger partial charge in [-0.05, 0) is 25.5 Å². The normalized spacial score (nSPS) is 21.0. The van der Waals surface area contributed by atoms with E-state index in [1.54, 1.807) is 24.0 Å². The number of likely N-dealkylation sites (tertiary alicyclic amines) is 1. The van der Waals surface area contributed by atoms with Gasteiger partial charge in [-0.1, -0.05) is 12.1 Å². The van der Waals surface area contributed by atoms with E-state index in [0.717, 1.165) is 4.90 Å². The Hall–Kier alpha value is -2.00. The minimum Gasteiger partial charge on any atom is -0.481 e. The summed E-state index contributed by atoms with van der Waals surface area (Å²) < 4.78 is 0. The monoisotopic (exact) mass is 304 g/mol. The van der Waals surface area contributed by atoms with Gasteiger partial charge in [0.2, 0.25) is 0 Å². The van der Waals surface area contributed by atoms with Crippen LogP contribution in [0.25, 0.3) is 0 Å². The number of carboxylic acids is 1. The highest BCUT2D eigenvalue weighted by atomic mass is 32.2. The molecule has 1 saturated heterocycles. The second-order valence-electron chi connectivity index (χ2n) is 4.92. The molecule has 6 heteroatoms. The van der Waals surface area contributed by atoms with Crippen LogP contribution in [0.1, 0.15) is 23.7 Å². The van der Waals surface area contributed by atoms with Gasteiger partial charge in [-0.25, -0.2) is 0 Å². The molecule has 1 heterocycles. The number of nitriles is 1. The van der Waals surface area contributed by atoms with Crippen molar-refractivity contribution in [3.63, 3.8) is 0 Å². The maximum absolute atomic E-state index is 12.6. The molecule has 2 rings (SSSR count). The van der Waals surface area contributed by atoms with Crippen LogP contribution in [-0.2, 0) is 4.79 Å². The van der Waals surface area contributed by atoms with Crippen molar-refractivity contribution in [1.29, 1.82) is 5.26 Å². The fraction of sp³-hybridized carbons (Fsp3) is 0.400. The molecular weight excluding hydrogens is 288 g/mol. The first-order chi connectivity index (χ1) is 10.1. The Morgan fingerprint density at radius 3 is 2.81 bits per heavy atom. The first kappa shape index (κ1) is 15.4. The van der Waals surface area contributed by atoms with Crippen molar-refractivity contribution in [2.24, 2.45) is 5.92 Å². The molecule has 110 valence electrons. The highest BCUT2D eigenvalue weighted by molar-refractivity contribution is 7.99. The number of benzene rings is 1. The van der Waals surface area contributed by atoms with Crippen molar-refractivity contribution in [2.75, 3.05) is 12.3 Å². The van der Waals surface area contributed by atoms with E-state index in [1.807, 2.05) is 18.2 Å². The summed E-state index contributed by atoms with van der Waals surface area (Å²) in [4.78, 5) is 26.2. The summed E-state index contributed by atoms with van der Waals surface area (Å²) in [5.41, 5.74) is 0.538. The molecule has 0 bridgehead atoms. The average molecular weight is 304 g/mol. The van der Waals surface area contributed by atoms with Crippen molar-refractivity contribution in [2.45, 2.75) is 24.3 Å². The maximum Gasteiger partial charge on any atom is 0.308 e. The van der Waals surface area contributed by atoms with Gasteiger partial charge in [-0.15, -0.1) is 11.8 Å². The Labute approximate surface area is 127 Å². The number of rotatable bonds is 4. The van der Waals surface area contributed by atoms with E-state index in [1.165, 1.54) is 11.8 Å². The number of amides is 1. The Balaban J connectivity index is 2.21. The zero-order valence-corrected chi connectivity index (χ0v) is 12.5. The lowest BCUT2D eigenvalue weighted by Crippen LogP contribution is -2.37. The second kappa shape index (κ2) is 6.64. The predicted molar refractivity (Wildman–Crippen MR) is 79.0 cm³/mol. The minimum atomic E-state index is -0.857. The molecule has 0 saturated carbocycles. The number of carbonyl (C=O) groups is 2. The molecule has 1 N–H and O–H groups in total. The summed E-state index contributed by atoms with van der Waals surface area (Å²) >= 11 is 1.32. The van der Waals surface area contributed by atoms with Gasteiger partial charge in [0.05, 0.1) is 23.3 Å². The first-order valence-corrected chi connectivity index (χ1v) is 7.67. The Bertz CT molecular complexity index is 597. The third-order valence-electron chi connectivity index (χ3n) is 3.74. The van der Waals surface area contributed by atoms with Crippen LogP contribution in [0.2, 0.25) is 0 Å². The standard InChI is InChI=1S/C15H16N2O3S/c1-10-11(15(19)20)6-8-17(10)14(18)12-4-2-3-5-13(12)21-9-7-16/h2-5,10-11H,6,8-9H2,1H3,(H,19,20). The van der Waals surface area contributed by atoms with Crippen LogP contribution in [0.15, 0.2) is 29.2 Å². The third-order valence-corrected chi connectivity index (χ3v) is 4.68.